The summed E-state index contributed by atoms with van der Waals surface area (Å²) in [5.41, 5.74) is 3.37. The van der Waals surface area contributed by atoms with Gasteiger partial charge in [-0.2, -0.15) is 0 Å². The highest BCUT2D eigenvalue weighted by molar-refractivity contribution is 5.74. The van der Waals surface area contributed by atoms with Crippen LogP contribution in [0.15, 0.2) is 65.7 Å². The molecule has 1 fully saturated rings. The minimum absolute atomic E-state index is 0.107. The summed E-state index contributed by atoms with van der Waals surface area (Å²) in [5.74, 6) is 0.525. The molecule has 0 bridgehead atoms. The van der Waals surface area contributed by atoms with Gasteiger partial charge in [-0.15, -0.1) is 0 Å². The Morgan fingerprint density at radius 2 is 2.00 bits per heavy atom. The Bertz CT molecular complexity index is 812. The van der Waals surface area contributed by atoms with Crippen LogP contribution in [0.3, 0.4) is 0 Å². The molecule has 32 heavy (non-hydrogen) atoms. The molecule has 4 heteroatoms. The van der Waals surface area contributed by atoms with Crippen LogP contribution in [-0.2, 0) is 11.3 Å². The van der Waals surface area contributed by atoms with Crippen LogP contribution in [0.5, 0.6) is 0 Å². The Kier molecular flexibility index (Phi) is 10.7. The Labute approximate surface area is 194 Å². The van der Waals surface area contributed by atoms with Gasteiger partial charge in [-0.25, -0.2) is 4.39 Å². The van der Waals surface area contributed by atoms with Gasteiger partial charge in [-0.1, -0.05) is 63.6 Å². The number of allylic oxidation sites excluding steroid dienone is 4. The quantitative estimate of drug-likeness (QED) is 0.209. The molecule has 176 valence electrons. The van der Waals surface area contributed by atoms with E-state index >= 15 is 0 Å². The van der Waals surface area contributed by atoms with Crippen LogP contribution in [0, 0.1) is 16.7 Å². The van der Waals surface area contributed by atoms with Crippen molar-refractivity contribution in [1.82, 2.24) is 5.32 Å². The van der Waals surface area contributed by atoms with Crippen LogP contribution < -0.4 is 5.32 Å². The lowest BCUT2D eigenvalue weighted by Crippen LogP contribution is -2.37. The third-order valence-electron chi connectivity index (χ3n) is 6.56. The van der Waals surface area contributed by atoms with Crippen molar-refractivity contribution in [2.75, 3.05) is 6.61 Å². The van der Waals surface area contributed by atoms with Crippen LogP contribution >= 0.6 is 0 Å². The van der Waals surface area contributed by atoms with E-state index in [-0.39, 0.29) is 17.1 Å². The van der Waals surface area contributed by atoms with E-state index in [0.717, 1.165) is 44.2 Å². The number of benzene rings is 1. The second kappa shape index (κ2) is 13.2. The van der Waals surface area contributed by atoms with E-state index in [4.69, 9.17) is 10.1 Å². The van der Waals surface area contributed by atoms with Gasteiger partial charge in [0.25, 0.3) is 0 Å². The molecule has 0 saturated heterocycles. The normalized spacial score (nSPS) is 23.3. The standard InChI is InChI=1S/C28H41FN2O/c1-5-18-28(24(19-26(29)6-2)16-17-27(30)32-7-3)22(4)12-11-15-25(28)21-31-20-23-13-9-8-10-14-23/h8-10,13-14,16,19,21-22,30-31H,5-7,11-12,15,17-18,20H2,1-4H3/b24-16+,25-21+,26-19+,30-27?. The zero-order valence-corrected chi connectivity index (χ0v) is 20.3. The minimum Gasteiger partial charge on any atom is -0.481 e. The molecule has 1 aliphatic rings. The predicted octanol–water partition coefficient (Wildman–Crippen LogP) is 7.86. The third-order valence-corrected chi connectivity index (χ3v) is 6.56. The van der Waals surface area contributed by atoms with Crippen molar-refractivity contribution in [2.24, 2.45) is 11.3 Å². The van der Waals surface area contributed by atoms with E-state index < -0.39 is 0 Å². The van der Waals surface area contributed by atoms with Crippen LogP contribution in [0.25, 0.3) is 0 Å². The highest BCUT2D eigenvalue weighted by atomic mass is 19.1. The minimum atomic E-state index is -0.226. The maximum Gasteiger partial charge on any atom is 0.184 e. The van der Waals surface area contributed by atoms with Gasteiger partial charge >= 0.3 is 0 Å². The maximum absolute atomic E-state index is 14.6. The molecule has 0 amide bonds. The molecule has 3 nitrogen and oxygen atoms in total. The zero-order valence-electron chi connectivity index (χ0n) is 20.3. The third kappa shape index (κ3) is 6.82. The summed E-state index contributed by atoms with van der Waals surface area (Å²) in [6.07, 6.45) is 12.0. The zero-order chi connectivity index (χ0) is 23.4. The second-order valence-electron chi connectivity index (χ2n) is 8.72. The molecule has 2 atom stereocenters. The van der Waals surface area contributed by atoms with Gasteiger partial charge in [-0.3, -0.25) is 5.41 Å². The van der Waals surface area contributed by atoms with Gasteiger partial charge in [0.15, 0.2) is 5.90 Å². The molecule has 1 aliphatic carbocycles. The highest BCUT2D eigenvalue weighted by Crippen LogP contribution is 2.54. The van der Waals surface area contributed by atoms with Crippen molar-refractivity contribution in [3.05, 3.63) is 71.2 Å². The smallest absolute Gasteiger partial charge is 0.184 e. The molecule has 2 rings (SSSR count). The first kappa shape index (κ1) is 25.9. The molecule has 2 unspecified atom stereocenters. The van der Waals surface area contributed by atoms with E-state index in [9.17, 15) is 4.39 Å². The van der Waals surface area contributed by atoms with Gasteiger partial charge in [0, 0.05) is 18.4 Å². The fourth-order valence-corrected chi connectivity index (χ4v) is 4.97. The lowest BCUT2D eigenvalue weighted by atomic mass is 9.58. The molecule has 0 aliphatic heterocycles. The van der Waals surface area contributed by atoms with E-state index in [1.165, 1.54) is 11.1 Å². The maximum atomic E-state index is 14.6. The Hall–Kier alpha value is -2.36. The van der Waals surface area contributed by atoms with Gasteiger partial charge in [0.2, 0.25) is 0 Å². The lowest BCUT2D eigenvalue weighted by molar-refractivity contribution is 0.207. The molecular weight excluding hydrogens is 399 g/mol. The average Bonchev–Trinajstić information content (AvgIpc) is 2.79. The van der Waals surface area contributed by atoms with Crippen molar-refractivity contribution >= 4 is 5.90 Å². The molecule has 1 aromatic rings. The fraction of sp³-hybridized carbons (Fsp3) is 0.536. The number of rotatable bonds is 11. The lowest BCUT2D eigenvalue weighted by Gasteiger charge is -2.46. The van der Waals surface area contributed by atoms with E-state index in [1.54, 1.807) is 6.08 Å². The van der Waals surface area contributed by atoms with Crippen LogP contribution in [0.2, 0.25) is 0 Å². The van der Waals surface area contributed by atoms with Crippen molar-refractivity contribution < 1.29 is 9.13 Å². The van der Waals surface area contributed by atoms with Crippen molar-refractivity contribution in [1.29, 1.82) is 5.41 Å². The number of nitrogens with one attached hydrogen (secondary N) is 2. The first-order valence-electron chi connectivity index (χ1n) is 12.2. The summed E-state index contributed by atoms with van der Waals surface area (Å²) in [6.45, 7) is 9.49. The SMILES string of the molecule is CCCC1(C(/C=C(/F)CC)=C/CC(=N)OCC)/C(=C/NCc2ccccc2)CCCC1C. The molecule has 0 radical (unpaired) electrons. The summed E-state index contributed by atoms with van der Waals surface area (Å²) >= 11 is 0. The van der Waals surface area contributed by atoms with Crippen molar-refractivity contribution in [2.45, 2.75) is 79.2 Å². The highest BCUT2D eigenvalue weighted by Gasteiger charge is 2.43. The van der Waals surface area contributed by atoms with Crippen molar-refractivity contribution in [3.63, 3.8) is 0 Å². The number of hydrogen-bond acceptors (Lipinski definition) is 3. The second-order valence-corrected chi connectivity index (χ2v) is 8.72. The molecular formula is C28H41FN2O. The summed E-state index contributed by atoms with van der Waals surface area (Å²) in [6, 6.07) is 10.4. The molecule has 0 heterocycles. The van der Waals surface area contributed by atoms with Crippen LogP contribution in [0.1, 0.15) is 78.2 Å². The first-order chi connectivity index (χ1) is 15.5. The Balaban J connectivity index is 2.46. The molecule has 1 aromatic carbocycles. The van der Waals surface area contributed by atoms with E-state index in [0.29, 0.717) is 25.4 Å². The Morgan fingerprint density at radius 1 is 1.25 bits per heavy atom. The average molecular weight is 441 g/mol. The predicted molar refractivity (Wildman–Crippen MR) is 133 cm³/mol. The molecule has 0 aromatic heterocycles. The van der Waals surface area contributed by atoms with E-state index in [1.807, 2.05) is 26.0 Å². The Morgan fingerprint density at radius 3 is 2.66 bits per heavy atom. The number of hydrogen-bond donors (Lipinski definition) is 2. The first-order valence-corrected chi connectivity index (χ1v) is 12.2. The van der Waals surface area contributed by atoms with Crippen molar-refractivity contribution in [3.8, 4) is 0 Å². The van der Waals surface area contributed by atoms with Gasteiger partial charge in [0.05, 0.1) is 12.4 Å². The molecule has 0 spiro atoms. The number of ether oxygens (including phenoxy) is 1. The van der Waals surface area contributed by atoms with Gasteiger partial charge in [-0.05, 0) is 73.9 Å². The number of halogens is 1. The van der Waals surface area contributed by atoms with Crippen LogP contribution in [0.4, 0.5) is 4.39 Å². The fourth-order valence-electron chi connectivity index (χ4n) is 4.97. The summed E-state index contributed by atoms with van der Waals surface area (Å²) in [4.78, 5) is 0. The summed E-state index contributed by atoms with van der Waals surface area (Å²) in [5, 5.41) is 11.6. The topological polar surface area (TPSA) is 45.1 Å². The summed E-state index contributed by atoms with van der Waals surface area (Å²) in [7, 11) is 0. The van der Waals surface area contributed by atoms with E-state index in [2.05, 4.69) is 49.6 Å². The molecule has 1 saturated carbocycles. The van der Waals surface area contributed by atoms with Gasteiger partial charge in [0.1, 0.15) is 0 Å². The molecule has 2 N–H and O–H groups in total. The van der Waals surface area contributed by atoms with Gasteiger partial charge < -0.3 is 10.1 Å². The summed E-state index contributed by atoms with van der Waals surface area (Å²) < 4.78 is 20.0. The largest absolute Gasteiger partial charge is 0.481 e. The van der Waals surface area contributed by atoms with Crippen LogP contribution in [-0.4, -0.2) is 12.5 Å². The monoisotopic (exact) mass is 440 g/mol.